The van der Waals surface area contributed by atoms with Crippen LogP contribution in [0.15, 0.2) is 42.6 Å². The van der Waals surface area contributed by atoms with Crippen LogP contribution in [-0.2, 0) is 6.61 Å². The smallest absolute Gasteiger partial charge is 0.216 e. The molecule has 0 bridgehead atoms. The van der Waals surface area contributed by atoms with Gasteiger partial charge < -0.3 is 10.5 Å². The summed E-state index contributed by atoms with van der Waals surface area (Å²) >= 11 is 0. The molecule has 0 saturated carbocycles. The molecule has 0 radical (unpaired) electrons. The standard InChI is InChI=1S/C13H14N2O/c1-10-7-12(14)8-15-13(10)16-9-11-5-3-2-4-6-11/h2-8H,9,14H2,1H3. The summed E-state index contributed by atoms with van der Waals surface area (Å²) in [6.45, 7) is 2.46. The number of hydrogen-bond acceptors (Lipinski definition) is 3. The fourth-order valence-corrected chi connectivity index (χ4v) is 1.46. The van der Waals surface area contributed by atoms with E-state index in [4.69, 9.17) is 10.5 Å². The molecule has 0 atom stereocenters. The maximum atomic E-state index is 5.62. The second kappa shape index (κ2) is 4.66. The van der Waals surface area contributed by atoms with Gasteiger partial charge in [-0.2, -0.15) is 0 Å². The molecular formula is C13H14N2O. The van der Waals surface area contributed by atoms with E-state index < -0.39 is 0 Å². The molecule has 1 aromatic carbocycles. The summed E-state index contributed by atoms with van der Waals surface area (Å²) in [5, 5.41) is 0. The Labute approximate surface area is 94.9 Å². The first-order valence-electron chi connectivity index (χ1n) is 5.14. The Kier molecular flexibility index (Phi) is 3.05. The zero-order chi connectivity index (χ0) is 11.4. The molecular weight excluding hydrogens is 200 g/mol. The van der Waals surface area contributed by atoms with Crippen molar-refractivity contribution in [3.63, 3.8) is 0 Å². The Bertz CT molecular complexity index is 469. The second-order valence-corrected chi connectivity index (χ2v) is 3.66. The Morgan fingerprint density at radius 3 is 2.69 bits per heavy atom. The summed E-state index contributed by atoms with van der Waals surface area (Å²) in [6, 6.07) is 11.9. The van der Waals surface area contributed by atoms with E-state index in [0.29, 0.717) is 18.2 Å². The first-order chi connectivity index (χ1) is 7.75. The number of hydrogen-bond donors (Lipinski definition) is 1. The number of ether oxygens (including phenoxy) is 1. The van der Waals surface area contributed by atoms with Crippen LogP contribution >= 0.6 is 0 Å². The number of anilines is 1. The zero-order valence-corrected chi connectivity index (χ0v) is 9.18. The van der Waals surface area contributed by atoms with Crippen molar-refractivity contribution < 1.29 is 4.74 Å². The van der Waals surface area contributed by atoms with Crippen molar-refractivity contribution in [2.75, 3.05) is 5.73 Å². The highest BCUT2D eigenvalue weighted by atomic mass is 16.5. The highest BCUT2D eigenvalue weighted by Gasteiger charge is 2.01. The van der Waals surface area contributed by atoms with Crippen molar-refractivity contribution in [3.05, 3.63) is 53.7 Å². The van der Waals surface area contributed by atoms with Crippen LogP contribution in [0.25, 0.3) is 0 Å². The van der Waals surface area contributed by atoms with Crippen LogP contribution in [0.1, 0.15) is 11.1 Å². The number of aromatic nitrogens is 1. The summed E-state index contributed by atoms with van der Waals surface area (Å²) in [5.41, 5.74) is 8.35. The quantitative estimate of drug-likeness (QED) is 0.854. The average Bonchev–Trinajstić information content (AvgIpc) is 2.29. The van der Waals surface area contributed by atoms with Gasteiger partial charge in [-0.05, 0) is 18.6 Å². The van der Waals surface area contributed by atoms with E-state index in [1.807, 2.05) is 43.3 Å². The van der Waals surface area contributed by atoms with Gasteiger partial charge >= 0.3 is 0 Å². The van der Waals surface area contributed by atoms with Gasteiger partial charge in [-0.15, -0.1) is 0 Å². The van der Waals surface area contributed by atoms with Crippen LogP contribution < -0.4 is 10.5 Å². The molecule has 82 valence electrons. The van der Waals surface area contributed by atoms with Gasteiger partial charge in [-0.3, -0.25) is 0 Å². The lowest BCUT2D eigenvalue weighted by Gasteiger charge is -2.08. The lowest BCUT2D eigenvalue weighted by Crippen LogP contribution is -1.99. The SMILES string of the molecule is Cc1cc(N)cnc1OCc1ccccc1. The number of rotatable bonds is 3. The summed E-state index contributed by atoms with van der Waals surface area (Å²) in [6.07, 6.45) is 1.60. The van der Waals surface area contributed by atoms with Gasteiger partial charge in [0.1, 0.15) is 6.61 Å². The van der Waals surface area contributed by atoms with E-state index in [1.165, 1.54) is 0 Å². The Morgan fingerprint density at radius 2 is 2.00 bits per heavy atom. The van der Waals surface area contributed by atoms with Gasteiger partial charge in [0.25, 0.3) is 0 Å². The number of benzene rings is 1. The lowest BCUT2D eigenvalue weighted by atomic mass is 10.2. The third-order valence-electron chi connectivity index (χ3n) is 2.27. The van der Waals surface area contributed by atoms with E-state index in [2.05, 4.69) is 4.98 Å². The third-order valence-corrected chi connectivity index (χ3v) is 2.27. The molecule has 1 heterocycles. The Balaban J connectivity index is 2.05. The number of nitrogen functional groups attached to an aromatic ring is 1. The first-order valence-corrected chi connectivity index (χ1v) is 5.14. The van der Waals surface area contributed by atoms with Crippen molar-refractivity contribution in [2.24, 2.45) is 0 Å². The molecule has 0 aliphatic rings. The predicted octanol–water partition coefficient (Wildman–Crippen LogP) is 2.55. The average molecular weight is 214 g/mol. The molecule has 3 heteroatoms. The largest absolute Gasteiger partial charge is 0.473 e. The number of aryl methyl sites for hydroxylation is 1. The molecule has 0 saturated heterocycles. The van der Waals surface area contributed by atoms with E-state index >= 15 is 0 Å². The normalized spacial score (nSPS) is 10.1. The van der Waals surface area contributed by atoms with Crippen molar-refractivity contribution in [1.29, 1.82) is 0 Å². The van der Waals surface area contributed by atoms with Crippen molar-refractivity contribution >= 4 is 5.69 Å². The van der Waals surface area contributed by atoms with E-state index in [9.17, 15) is 0 Å². The van der Waals surface area contributed by atoms with E-state index in [0.717, 1.165) is 11.1 Å². The minimum absolute atomic E-state index is 0.526. The molecule has 2 rings (SSSR count). The number of pyridine rings is 1. The molecule has 0 spiro atoms. The van der Waals surface area contributed by atoms with Crippen molar-refractivity contribution in [3.8, 4) is 5.88 Å². The van der Waals surface area contributed by atoms with E-state index in [-0.39, 0.29) is 0 Å². The van der Waals surface area contributed by atoms with Crippen LogP contribution in [0.4, 0.5) is 5.69 Å². The summed E-state index contributed by atoms with van der Waals surface area (Å²) < 4.78 is 5.61. The molecule has 16 heavy (non-hydrogen) atoms. The van der Waals surface area contributed by atoms with Crippen LogP contribution in [0.5, 0.6) is 5.88 Å². The van der Waals surface area contributed by atoms with Crippen LogP contribution in [0, 0.1) is 6.92 Å². The topological polar surface area (TPSA) is 48.1 Å². The first kappa shape index (κ1) is 10.5. The molecule has 0 aliphatic heterocycles. The summed E-state index contributed by atoms with van der Waals surface area (Å²) in [7, 11) is 0. The molecule has 2 aromatic rings. The van der Waals surface area contributed by atoms with Gasteiger partial charge in [0.05, 0.1) is 11.9 Å². The van der Waals surface area contributed by atoms with Gasteiger partial charge in [0.2, 0.25) is 5.88 Å². The highest BCUT2D eigenvalue weighted by molar-refractivity contribution is 5.41. The highest BCUT2D eigenvalue weighted by Crippen LogP contribution is 2.17. The maximum Gasteiger partial charge on any atom is 0.216 e. The second-order valence-electron chi connectivity index (χ2n) is 3.66. The van der Waals surface area contributed by atoms with Crippen LogP contribution in [-0.4, -0.2) is 4.98 Å². The minimum atomic E-state index is 0.526. The fraction of sp³-hybridized carbons (Fsp3) is 0.154. The molecule has 1 aromatic heterocycles. The minimum Gasteiger partial charge on any atom is -0.473 e. The van der Waals surface area contributed by atoms with Gasteiger partial charge in [-0.1, -0.05) is 30.3 Å². The van der Waals surface area contributed by atoms with Gasteiger partial charge in [-0.25, -0.2) is 4.98 Å². The van der Waals surface area contributed by atoms with Crippen LogP contribution in [0.3, 0.4) is 0 Å². The molecule has 0 amide bonds. The van der Waals surface area contributed by atoms with Crippen LogP contribution in [0.2, 0.25) is 0 Å². The molecule has 2 N–H and O–H groups in total. The van der Waals surface area contributed by atoms with Crippen molar-refractivity contribution in [2.45, 2.75) is 13.5 Å². The predicted molar refractivity (Wildman–Crippen MR) is 64.2 cm³/mol. The molecule has 0 unspecified atom stereocenters. The van der Waals surface area contributed by atoms with Crippen molar-refractivity contribution in [1.82, 2.24) is 4.98 Å². The van der Waals surface area contributed by atoms with Gasteiger partial charge in [0.15, 0.2) is 0 Å². The van der Waals surface area contributed by atoms with Gasteiger partial charge in [0, 0.05) is 5.56 Å². The molecule has 3 nitrogen and oxygen atoms in total. The van der Waals surface area contributed by atoms with E-state index in [1.54, 1.807) is 6.20 Å². The monoisotopic (exact) mass is 214 g/mol. The fourth-order valence-electron chi connectivity index (χ4n) is 1.46. The molecule has 0 aliphatic carbocycles. The zero-order valence-electron chi connectivity index (χ0n) is 9.18. The Morgan fingerprint density at radius 1 is 1.25 bits per heavy atom. The maximum absolute atomic E-state index is 5.62. The molecule has 0 fully saturated rings. The number of nitrogens with zero attached hydrogens (tertiary/aromatic N) is 1. The lowest BCUT2D eigenvalue weighted by molar-refractivity contribution is 0.292. The third kappa shape index (κ3) is 2.51. The number of nitrogens with two attached hydrogens (primary N) is 1. The summed E-state index contributed by atoms with van der Waals surface area (Å²) in [5.74, 6) is 0.637. The Hall–Kier alpha value is -2.03. The summed E-state index contributed by atoms with van der Waals surface area (Å²) in [4.78, 5) is 4.15.